The zero-order valence-electron chi connectivity index (χ0n) is 16.7. The predicted octanol–water partition coefficient (Wildman–Crippen LogP) is 2.76. The number of fused-ring (bicyclic) bond motifs is 2. The van der Waals surface area contributed by atoms with Gasteiger partial charge in [-0.1, -0.05) is 12.1 Å². The number of anilines is 1. The molecule has 0 amide bonds. The smallest absolute Gasteiger partial charge is 0.290 e. The first-order valence-corrected chi connectivity index (χ1v) is 11.8. The van der Waals surface area contributed by atoms with Crippen LogP contribution in [0.2, 0.25) is 0 Å². The number of benzene rings is 1. The summed E-state index contributed by atoms with van der Waals surface area (Å²) in [5.74, 6) is -2.10. The second kappa shape index (κ2) is 6.58. The first-order valence-electron chi connectivity index (χ1n) is 9.93. The van der Waals surface area contributed by atoms with Crippen LogP contribution in [0.5, 0.6) is 5.75 Å². The van der Waals surface area contributed by atoms with E-state index in [2.05, 4.69) is 14.7 Å². The molecule has 1 N–H and O–H groups in total. The van der Waals surface area contributed by atoms with Gasteiger partial charge in [0.15, 0.2) is 0 Å². The van der Waals surface area contributed by atoms with Crippen molar-refractivity contribution in [3.8, 4) is 17.0 Å². The van der Waals surface area contributed by atoms with E-state index < -0.39 is 22.0 Å². The highest BCUT2D eigenvalue weighted by atomic mass is 32.2. The molecule has 2 aromatic rings. The van der Waals surface area contributed by atoms with E-state index >= 15 is 0 Å². The van der Waals surface area contributed by atoms with Gasteiger partial charge in [0.25, 0.3) is 5.92 Å². The summed E-state index contributed by atoms with van der Waals surface area (Å²) in [6, 6.07) is 5.06. The van der Waals surface area contributed by atoms with Crippen molar-refractivity contribution >= 4 is 16.0 Å². The van der Waals surface area contributed by atoms with Crippen molar-refractivity contribution in [2.24, 2.45) is 0 Å². The van der Waals surface area contributed by atoms with Crippen LogP contribution in [0.3, 0.4) is 0 Å². The van der Waals surface area contributed by atoms with Gasteiger partial charge in [-0.05, 0) is 25.8 Å². The molecule has 0 unspecified atom stereocenters. The zero-order chi connectivity index (χ0) is 21.3. The van der Waals surface area contributed by atoms with Crippen molar-refractivity contribution in [3.05, 3.63) is 35.0 Å². The van der Waals surface area contributed by atoms with Crippen molar-refractivity contribution in [1.29, 1.82) is 0 Å². The maximum atomic E-state index is 14.5. The second-order valence-electron chi connectivity index (χ2n) is 8.24. The summed E-state index contributed by atoms with van der Waals surface area (Å²) < 4.78 is 60.4. The second-order valence-corrected chi connectivity index (χ2v) is 10.0. The molecule has 1 aromatic heterocycles. The van der Waals surface area contributed by atoms with E-state index in [1.54, 1.807) is 18.2 Å². The minimum Gasteiger partial charge on any atom is -0.491 e. The number of rotatable bonds is 4. The standard InChI is InChI=1S/C20H22F2N4O3S/c1-11-6-8-26(11)19-23-17(14-5-7-20(21,22)18(14)24-19)12-3-4-13-15(25-30(2,27)28)10-29-16(13)9-12/h3-4,9,11,15,25H,5-8,10H2,1-2H3/t11-,15-/m0/s1. The van der Waals surface area contributed by atoms with Crippen LogP contribution in [0.25, 0.3) is 11.3 Å². The first-order chi connectivity index (χ1) is 14.1. The Balaban J connectivity index is 1.58. The van der Waals surface area contributed by atoms with E-state index in [4.69, 9.17) is 4.74 Å². The maximum absolute atomic E-state index is 14.5. The quantitative estimate of drug-likeness (QED) is 0.794. The average Bonchev–Trinajstić information content (AvgIpc) is 3.19. The Bertz CT molecular complexity index is 1140. The van der Waals surface area contributed by atoms with Crippen molar-refractivity contribution in [2.45, 2.75) is 44.2 Å². The monoisotopic (exact) mass is 436 g/mol. The highest BCUT2D eigenvalue weighted by molar-refractivity contribution is 7.88. The van der Waals surface area contributed by atoms with Gasteiger partial charge in [0.1, 0.15) is 18.1 Å². The summed E-state index contributed by atoms with van der Waals surface area (Å²) >= 11 is 0. The maximum Gasteiger partial charge on any atom is 0.290 e. The van der Waals surface area contributed by atoms with E-state index in [0.717, 1.165) is 24.8 Å². The molecule has 1 fully saturated rings. The number of sulfonamides is 1. The van der Waals surface area contributed by atoms with Crippen molar-refractivity contribution in [2.75, 3.05) is 24.3 Å². The molecule has 5 rings (SSSR count). The third-order valence-electron chi connectivity index (χ3n) is 6.03. The molecule has 30 heavy (non-hydrogen) atoms. The summed E-state index contributed by atoms with van der Waals surface area (Å²) in [4.78, 5) is 10.9. The van der Waals surface area contributed by atoms with Gasteiger partial charge in [-0.25, -0.2) is 23.1 Å². The normalized spacial score (nSPS) is 24.2. The van der Waals surface area contributed by atoms with Crippen LogP contribution in [0.4, 0.5) is 14.7 Å². The number of hydrogen-bond donors (Lipinski definition) is 1. The fourth-order valence-electron chi connectivity index (χ4n) is 4.31. The molecule has 1 aromatic carbocycles. The first kappa shape index (κ1) is 19.6. The average molecular weight is 436 g/mol. The lowest BCUT2D eigenvalue weighted by atomic mass is 10.0. The van der Waals surface area contributed by atoms with Gasteiger partial charge in [-0.2, -0.15) is 8.78 Å². The Morgan fingerprint density at radius 1 is 1.30 bits per heavy atom. The molecular weight excluding hydrogens is 414 g/mol. The van der Waals surface area contributed by atoms with Crippen molar-refractivity contribution < 1.29 is 21.9 Å². The van der Waals surface area contributed by atoms with Crippen LogP contribution in [-0.4, -0.2) is 43.8 Å². The predicted molar refractivity (Wildman–Crippen MR) is 107 cm³/mol. The minimum atomic E-state index is -3.39. The number of aromatic nitrogens is 2. The third kappa shape index (κ3) is 3.22. The van der Waals surface area contributed by atoms with Crippen LogP contribution >= 0.6 is 0 Å². The lowest BCUT2D eigenvalue weighted by Crippen LogP contribution is -2.47. The summed E-state index contributed by atoms with van der Waals surface area (Å²) in [5, 5.41) is 0. The lowest BCUT2D eigenvalue weighted by molar-refractivity contribution is -0.00595. The lowest BCUT2D eigenvalue weighted by Gasteiger charge is -2.39. The number of nitrogens with zero attached hydrogens (tertiary/aromatic N) is 3. The molecule has 10 heteroatoms. The molecule has 0 saturated carbocycles. The summed E-state index contributed by atoms with van der Waals surface area (Å²) in [6.45, 7) is 2.95. The van der Waals surface area contributed by atoms with Crippen molar-refractivity contribution in [3.63, 3.8) is 0 Å². The van der Waals surface area contributed by atoms with Gasteiger partial charge in [-0.15, -0.1) is 0 Å². The number of alkyl halides is 2. The highest BCUT2D eigenvalue weighted by Gasteiger charge is 2.44. The molecule has 160 valence electrons. The molecule has 0 bridgehead atoms. The summed E-state index contributed by atoms with van der Waals surface area (Å²) in [7, 11) is -3.39. The largest absolute Gasteiger partial charge is 0.491 e. The Hall–Kier alpha value is -2.33. The summed E-state index contributed by atoms with van der Waals surface area (Å²) in [5.41, 5.74) is 2.17. The van der Waals surface area contributed by atoms with Gasteiger partial charge in [-0.3, -0.25) is 0 Å². The van der Waals surface area contributed by atoms with E-state index in [-0.39, 0.29) is 31.2 Å². The van der Waals surface area contributed by atoms with Crippen molar-refractivity contribution in [1.82, 2.24) is 14.7 Å². The van der Waals surface area contributed by atoms with E-state index in [0.29, 0.717) is 28.5 Å². The van der Waals surface area contributed by atoms with Gasteiger partial charge < -0.3 is 9.64 Å². The molecule has 0 radical (unpaired) electrons. The Labute approximate surface area is 173 Å². The number of hydrogen-bond acceptors (Lipinski definition) is 6. The third-order valence-corrected chi connectivity index (χ3v) is 6.74. The Morgan fingerprint density at radius 2 is 2.10 bits per heavy atom. The SMILES string of the molecule is C[C@H]1CCN1c1nc(-c2ccc3c(c2)OC[C@@H]3NS(C)(=O)=O)c2c(n1)C(F)(F)CC2. The summed E-state index contributed by atoms with van der Waals surface area (Å²) in [6.07, 6.45) is 2.02. The molecule has 7 nitrogen and oxygen atoms in total. The Morgan fingerprint density at radius 3 is 2.77 bits per heavy atom. The zero-order valence-corrected chi connectivity index (χ0v) is 17.5. The van der Waals surface area contributed by atoms with Crippen LogP contribution in [0.1, 0.15) is 42.6 Å². The van der Waals surface area contributed by atoms with Gasteiger partial charge in [0.05, 0.1) is 18.0 Å². The molecule has 1 aliphatic carbocycles. The minimum absolute atomic E-state index is 0.181. The molecule has 2 atom stereocenters. The van der Waals surface area contributed by atoms with Crippen LogP contribution < -0.4 is 14.4 Å². The van der Waals surface area contributed by atoms with E-state index in [1.165, 1.54) is 0 Å². The van der Waals surface area contributed by atoms with E-state index in [1.807, 2.05) is 11.8 Å². The number of halogens is 2. The van der Waals surface area contributed by atoms with Crippen LogP contribution in [0, 0.1) is 0 Å². The topological polar surface area (TPSA) is 84.4 Å². The van der Waals surface area contributed by atoms with Crippen LogP contribution in [0.15, 0.2) is 18.2 Å². The molecule has 1 saturated heterocycles. The number of ether oxygens (including phenoxy) is 1. The molecule has 3 heterocycles. The molecular formula is C20H22F2N4O3S. The highest BCUT2D eigenvalue weighted by Crippen LogP contribution is 2.46. The van der Waals surface area contributed by atoms with E-state index in [9.17, 15) is 17.2 Å². The van der Waals surface area contributed by atoms with Gasteiger partial charge >= 0.3 is 0 Å². The Kier molecular flexibility index (Phi) is 4.31. The fourth-order valence-corrected chi connectivity index (χ4v) is 5.02. The molecule has 3 aliphatic rings. The van der Waals surface area contributed by atoms with Gasteiger partial charge in [0.2, 0.25) is 16.0 Å². The van der Waals surface area contributed by atoms with Gasteiger partial charge in [0, 0.05) is 35.7 Å². The molecule has 2 aliphatic heterocycles. The van der Waals surface area contributed by atoms with Crippen LogP contribution in [-0.2, 0) is 22.4 Å². The fraction of sp³-hybridized carbons (Fsp3) is 0.500. The number of nitrogens with one attached hydrogen (secondary N) is 1. The molecule has 0 spiro atoms.